The first-order valence-corrected chi connectivity index (χ1v) is 6.29. The van der Waals surface area contributed by atoms with E-state index < -0.39 is 0 Å². The van der Waals surface area contributed by atoms with Crippen LogP contribution in [0.4, 0.5) is 0 Å². The molecule has 94 valence electrons. The minimum absolute atomic E-state index is 0. The van der Waals surface area contributed by atoms with E-state index >= 15 is 0 Å². The van der Waals surface area contributed by atoms with E-state index in [1.807, 2.05) is 11.8 Å². The minimum Gasteiger partial charge on any atom is -0.343 e. The van der Waals surface area contributed by atoms with Gasteiger partial charge in [-0.3, -0.25) is 4.79 Å². The van der Waals surface area contributed by atoms with Crippen molar-refractivity contribution in [3.05, 3.63) is 0 Å². The molecule has 1 amide bonds. The summed E-state index contributed by atoms with van der Waals surface area (Å²) >= 11 is 0. The molecular weight excluding hydrogens is 224 g/mol. The van der Waals surface area contributed by atoms with Gasteiger partial charge in [0.05, 0.1) is 0 Å². The van der Waals surface area contributed by atoms with Gasteiger partial charge in [-0.25, -0.2) is 0 Å². The third-order valence-electron chi connectivity index (χ3n) is 3.96. The van der Waals surface area contributed by atoms with Crippen molar-refractivity contribution in [1.82, 2.24) is 10.2 Å². The van der Waals surface area contributed by atoms with Crippen LogP contribution < -0.4 is 5.32 Å². The molecule has 3 nitrogen and oxygen atoms in total. The van der Waals surface area contributed by atoms with Crippen molar-refractivity contribution in [2.45, 2.75) is 32.6 Å². The topological polar surface area (TPSA) is 32.3 Å². The number of amides is 1. The minimum atomic E-state index is 0. The number of carbonyl (C=O) groups excluding carboxylic acids is 1. The van der Waals surface area contributed by atoms with Crippen LogP contribution in [0.15, 0.2) is 0 Å². The Bertz CT molecular complexity index is 221. The van der Waals surface area contributed by atoms with Crippen LogP contribution in [-0.2, 0) is 4.79 Å². The van der Waals surface area contributed by atoms with E-state index in [1.165, 1.54) is 32.4 Å². The van der Waals surface area contributed by atoms with Crippen molar-refractivity contribution in [3.63, 3.8) is 0 Å². The Hall–Kier alpha value is -0.280. The zero-order valence-electron chi connectivity index (χ0n) is 10.1. The van der Waals surface area contributed by atoms with Crippen LogP contribution in [0.2, 0.25) is 0 Å². The van der Waals surface area contributed by atoms with Crippen LogP contribution in [0.25, 0.3) is 0 Å². The standard InChI is InChI=1S/C12H22N2O.ClH/c1-2-12(15)14-7-4-10(5-8-14)11-3-6-13-9-11;/h10-11,13H,2-9H2,1H3;1H. The zero-order chi connectivity index (χ0) is 10.7. The van der Waals surface area contributed by atoms with Gasteiger partial charge in [0.15, 0.2) is 0 Å². The molecule has 2 fully saturated rings. The lowest BCUT2D eigenvalue weighted by Crippen LogP contribution is -2.40. The van der Waals surface area contributed by atoms with Crippen LogP contribution >= 0.6 is 12.4 Å². The molecule has 0 saturated carbocycles. The van der Waals surface area contributed by atoms with E-state index in [0.29, 0.717) is 12.3 Å². The number of nitrogens with one attached hydrogen (secondary N) is 1. The smallest absolute Gasteiger partial charge is 0.222 e. The maximum Gasteiger partial charge on any atom is 0.222 e. The predicted octanol–water partition coefficient (Wildman–Crippen LogP) is 1.67. The van der Waals surface area contributed by atoms with Crippen molar-refractivity contribution in [2.24, 2.45) is 11.8 Å². The lowest BCUT2D eigenvalue weighted by Gasteiger charge is -2.34. The SMILES string of the molecule is CCC(=O)N1CCC(C2CCNC2)CC1.Cl. The Labute approximate surface area is 104 Å². The van der Waals surface area contributed by atoms with Gasteiger partial charge >= 0.3 is 0 Å². The van der Waals surface area contributed by atoms with E-state index in [0.717, 1.165) is 24.9 Å². The van der Waals surface area contributed by atoms with Gasteiger partial charge in [-0.2, -0.15) is 0 Å². The quantitative estimate of drug-likeness (QED) is 0.804. The summed E-state index contributed by atoms with van der Waals surface area (Å²) in [6.07, 6.45) is 4.44. The second-order valence-corrected chi connectivity index (χ2v) is 4.82. The lowest BCUT2D eigenvalue weighted by molar-refractivity contribution is -0.132. The Morgan fingerprint density at radius 1 is 1.25 bits per heavy atom. The number of hydrogen-bond donors (Lipinski definition) is 1. The van der Waals surface area contributed by atoms with Gasteiger partial charge in [0.25, 0.3) is 0 Å². The molecule has 0 spiro atoms. The summed E-state index contributed by atoms with van der Waals surface area (Å²) in [6, 6.07) is 0. The molecular formula is C12H23ClN2O. The number of nitrogens with zero attached hydrogens (tertiary/aromatic N) is 1. The second-order valence-electron chi connectivity index (χ2n) is 4.82. The lowest BCUT2D eigenvalue weighted by atomic mass is 9.84. The van der Waals surface area contributed by atoms with Crippen molar-refractivity contribution >= 4 is 18.3 Å². The van der Waals surface area contributed by atoms with Crippen molar-refractivity contribution in [2.75, 3.05) is 26.2 Å². The van der Waals surface area contributed by atoms with E-state index in [4.69, 9.17) is 0 Å². The maximum atomic E-state index is 11.5. The molecule has 0 aliphatic carbocycles. The predicted molar refractivity (Wildman–Crippen MR) is 67.8 cm³/mol. The van der Waals surface area contributed by atoms with Gasteiger partial charge in [0.1, 0.15) is 0 Å². The maximum absolute atomic E-state index is 11.5. The van der Waals surface area contributed by atoms with Crippen LogP contribution in [0.1, 0.15) is 32.6 Å². The highest BCUT2D eigenvalue weighted by Gasteiger charge is 2.29. The van der Waals surface area contributed by atoms with Gasteiger partial charge in [-0.1, -0.05) is 6.92 Å². The van der Waals surface area contributed by atoms with Crippen LogP contribution in [-0.4, -0.2) is 37.0 Å². The molecule has 0 aromatic rings. The molecule has 0 radical (unpaired) electrons. The second kappa shape index (κ2) is 6.45. The van der Waals surface area contributed by atoms with E-state index in [9.17, 15) is 4.79 Å². The Kier molecular flexibility index (Phi) is 5.56. The van der Waals surface area contributed by atoms with Gasteiger partial charge < -0.3 is 10.2 Å². The molecule has 2 saturated heterocycles. The summed E-state index contributed by atoms with van der Waals surface area (Å²) in [5.74, 6) is 2.07. The third-order valence-corrected chi connectivity index (χ3v) is 3.96. The van der Waals surface area contributed by atoms with Crippen molar-refractivity contribution in [3.8, 4) is 0 Å². The average molecular weight is 247 g/mol. The molecule has 0 bridgehead atoms. The summed E-state index contributed by atoms with van der Waals surface area (Å²) < 4.78 is 0. The molecule has 2 rings (SSSR count). The fraction of sp³-hybridized carbons (Fsp3) is 0.917. The van der Waals surface area contributed by atoms with Crippen molar-refractivity contribution in [1.29, 1.82) is 0 Å². The van der Waals surface area contributed by atoms with Gasteiger partial charge in [-0.05, 0) is 44.2 Å². The monoisotopic (exact) mass is 246 g/mol. The molecule has 1 N–H and O–H groups in total. The highest BCUT2D eigenvalue weighted by atomic mass is 35.5. The Balaban J connectivity index is 0.00000128. The third kappa shape index (κ3) is 3.11. The van der Waals surface area contributed by atoms with E-state index in [-0.39, 0.29) is 12.4 Å². The molecule has 1 atom stereocenters. The largest absolute Gasteiger partial charge is 0.343 e. The molecule has 0 aromatic heterocycles. The first-order valence-electron chi connectivity index (χ1n) is 6.29. The molecule has 4 heteroatoms. The Morgan fingerprint density at radius 2 is 1.94 bits per heavy atom. The summed E-state index contributed by atoms with van der Waals surface area (Å²) in [6.45, 7) is 6.34. The highest BCUT2D eigenvalue weighted by Crippen LogP contribution is 2.28. The van der Waals surface area contributed by atoms with Crippen LogP contribution in [0.3, 0.4) is 0 Å². The van der Waals surface area contributed by atoms with Crippen molar-refractivity contribution < 1.29 is 4.79 Å². The molecule has 2 aliphatic heterocycles. The number of carbonyl (C=O) groups is 1. The summed E-state index contributed by atoms with van der Waals surface area (Å²) in [4.78, 5) is 13.5. The molecule has 0 aromatic carbocycles. The number of rotatable bonds is 2. The average Bonchev–Trinajstić information content (AvgIpc) is 2.82. The van der Waals surface area contributed by atoms with Crippen LogP contribution in [0.5, 0.6) is 0 Å². The zero-order valence-corrected chi connectivity index (χ0v) is 10.9. The molecule has 1 unspecified atom stereocenters. The first-order chi connectivity index (χ1) is 7.31. The van der Waals surface area contributed by atoms with Gasteiger partial charge in [-0.15, -0.1) is 12.4 Å². The Morgan fingerprint density at radius 3 is 2.44 bits per heavy atom. The number of halogens is 1. The normalized spacial score (nSPS) is 26.6. The highest BCUT2D eigenvalue weighted by molar-refractivity contribution is 5.85. The summed E-state index contributed by atoms with van der Waals surface area (Å²) in [5.41, 5.74) is 0. The van der Waals surface area contributed by atoms with Gasteiger partial charge in [0.2, 0.25) is 5.91 Å². The first kappa shape index (κ1) is 13.8. The number of hydrogen-bond acceptors (Lipinski definition) is 2. The van der Waals surface area contributed by atoms with Gasteiger partial charge in [0, 0.05) is 19.5 Å². The molecule has 16 heavy (non-hydrogen) atoms. The number of likely N-dealkylation sites (tertiary alicyclic amines) is 1. The summed E-state index contributed by atoms with van der Waals surface area (Å²) in [7, 11) is 0. The fourth-order valence-corrected chi connectivity index (χ4v) is 2.92. The fourth-order valence-electron chi connectivity index (χ4n) is 2.92. The van der Waals surface area contributed by atoms with E-state index in [2.05, 4.69) is 5.32 Å². The van der Waals surface area contributed by atoms with Crippen LogP contribution in [0, 0.1) is 11.8 Å². The molecule has 2 heterocycles. The number of piperidine rings is 1. The van der Waals surface area contributed by atoms with E-state index in [1.54, 1.807) is 0 Å². The molecule has 2 aliphatic rings. The summed E-state index contributed by atoms with van der Waals surface area (Å²) in [5, 5.41) is 3.43.